The van der Waals surface area contributed by atoms with Gasteiger partial charge in [0.1, 0.15) is 5.75 Å². The van der Waals surface area contributed by atoms with Gasteiger partial charge in [0.2, 0.25) is 0 Å². The first-order chi connectivity index (χ1) is 11.1. The van der Waals surface area contributed by atoms with Crippen molar-refractivity contribution in [3.05, 3.63) is 40.4 Å². The van der Waals surface area contributed by atoms with Crippen LogP contribution in [0.1, 0.15) is 27.3 Å². The highest BCUT2D eigenvalue weighted by Crippen LogP contribution is 2.32. The van der Waals surface area contributed by atoms with Crippen LogP contribution in [0.5, 0.6) is 5.75 Å². The van der Waals surface area contributed by atoms with Crippen molar-refractivity contribution in [1.29, 1.82) is 0 Å². The average Bonchev–Trinajstić information content (AvgIpc) is 2.96. The molecule has 120 valence electrons. The van der Waals surface area contributed by atoms with E-state index in [0.717, 1.165) is 10.6 Å². The maximum absolute atomic E-state index is 12.2. The lowest BCUT2D eigenvalue weighted by Gasteiger charge is -2.16. The average molecular weight is 332 g/mol. The molecule has 2 aromatic rings. The first-order valence-electron chi connectivity index (χ1n) is 7.23. The Morgan fingerprint density at radius 2 is 2.09 bits per heavy atom. The van der Waals surface area contributed by atoms with E-state index in [0.29, 0.717) is 35.7 Å². The second-order valence-corrected chi connectivity index (χ2v) is 6.43. The fraction of sp³-hybridized carbons (Fsp3) is 0.312. The molecule has 1 aromatic heterocycles. The summed E-state index contributed by atoms with van der Waals surface area (Å²) >= 11 is 1.36. The SMILES string of the molecule is COc1ccc(C(=O)Nc2nc3c(s2)CC(C(=O)O)CC3)cc1. The molecule has 1 aliphatic carbocycles. The molecule has 2 N–H and O–H groups in total. The summed E-state index contributed by atoms with van der Waals surface area (Å²) in [5.41, 5.74) is 1.42. The molecule has 1 atom stereocenters. The summed E-state index contributed by atoms with van der Waals surface area (Å²) in [4.78, 5) is 28.7. The molecule has 1 aliphatic rings. The molecule has 6 nitrogen and oxygen atoms in total. The molecule has 0 radical (unpaired) electrons. The van der Waals surface area contributed by atoms with Gasteiger partial charge in [0, 0.05) is 10.4 Å². The van der Waals surface area contributed by atoms with E-state index >= 15 is 0 Å². The van der Waals surface area contributed by atoms with Crippen LogP contribution in [0.25, 0.3) is 0 Å². The Bertz CT molecular complexity index is 739. The summed E-state index contributed by atoms with van der Waals surface area (Å²) in [6, 6.07) is 6.81. The van der Waals surface area contributed by atoms with E-state index in [1.807, 2.05) is 0 Å². The predicted molar refractivity (Wildman–Crippen MR) is 86.2 cm³/mol. The van der Waals surface area contributed by atoms with Gasteiger partial charge in [0.15, 0.2) is 5.13 Å². The minimum Gasteiger partial charge on any atom is -0.497 e. The molecule has 0 aliphatic heterocycles. The summed E-state index contributed by atoms with van der Waals surface area (Å²) in [6.45, 7) is 0. The number of rotatable bonds is 4. The van der Waals surface area contributed by atoms with Crippen LogP contribution in [-0.2, 0) is 17.6 Å². The Balaban J connectivity index is 1.71. The normalized spacial score (nSPS) is 16.5. The van der Waals surface area contributed by atoms with Gasteiger partial charge in [0.05, 0.1) is 18.7 Å². The number of amides is 1. The number of hydrogen-bond acceptors (Lipinski definition) is 5. The van der Waals surface area contributed by atoms with E-state index in [1.165, 1.54) is 11.3 Å². The summed E-state index contributed by atoms with van der Waals surface area (Å²) in [5, 5.41) is 12.4. The van der Waals surface area contributed by atoms with E-state index < -0.39 is 5.97 Å². The molecule has 0 saturated heterocycles. The van der Waals surface area contributed by atoms with E-state index in [1.54, 1.807) is 31.4 Å². The molecule has 1 aromatic carbocycles. The van der Waals surface area contributed by atoms with Gasteiger partial charge in [0.25, 0.3) is 5.91 Å². The molecule has 1 unspecified atom stereocenters. The highest BCUT2D eigenvalue weighted by Gasteiger charge is 2.27. The molecule has 1 heterocycles. The first-order valence-corrected chi connectivity index (χ1v) is 8.05. The summed E-state index contributed by atoms with van der Waals surface area (Å²) in [5.74, 6) is -0.680. The maximum atomic E-state index is 12.2. The number of hydrogen-bond donors (Lipinski definition) is 2. The van der Waals surface area contributed by atoms with Gasteiger partial charge >= 0.3 is 5.97 Å². The number of methoxy groups -OCH3 is 1. The zero-order valence-corrected chi connectivity index (χ0v) is 13.4. The molecule has 0 fully saturated rings. The van der Waals surface area contributed by atoms with Gasteiger partial charge in [-0.1, -0.05) is 0 Å². The Morgan fingerprint density at radius 3 is 2.74 bits per heavy atom. The van der Waals surface area contributed by atoms with Gasteiger partial charge in [-0.25, -0.2) is 4.98 Å². The van der Waals surface area contributed by atoms with E-state index in [9.17, 15) is 9.59 Å². The van der Waals surface area contributed by atoms with Crippen LogP contribution in [-0.4, -0.2) is 29.1 Å². The van der Waals surface area contributed by atoms with Crippen LogP contribution in [0.4, 0.5) is 5.13 Å². The van der Waals surface area contributed by atoms with E-state index in [4.69, 9.17) is 9.84 Å². The number of fused-ring (bicyclic) bond motifs is 1. The highest BCUT2D eigenvalue weighted by molar-refractivity contribution is 7.15. The topological polar surface area (TPSA) is 88.5 Å². The second kappa shape index (κ2) is 6.37. The number of aromatic nitrogens is 1. The fourth-order valence-electron chi connectivity index (χ4n) is 2.55. The minimum absolute atomic E-state index is 0.242. The maximum Gasteiger partial charge on any atom is 0.306 e. The Hall–Kier alpha value is -2.41. The van der Waals surface area contributed by atoms with Gasteiger partial charge < -0.3 is 9.84 Å². The third-order valence-electron chi connectivity index (χ3n) is 3.86. The number of nitrogens with one attached hydrogen (secondary N) is 1. The van der Waals surface area contributed by atoms with Crippen LogP contribution in [0.2, 0.25) is 0 Å². The lowest BCUT2D eigenvalue weighted by Crippen LogP contribution is -2.21. The molecule has 1 amide bonds. The lowest BCUT2D eigenvalue weighted by molar-refractivity contribution is -0.142. The zero-order chi connectivity index (χ0) is 16.4. The van der Waals surface area contributed by atoms with E-state index in [-0.39, 0.29) is 11.8 Å². The van der Waals surface area contributed by atoms with Gasteiger partial charge in [-0.2, -0.15) is 0 Å². The number of benzene rings is 1. The molecular weight excluding hydrogens is 316 g/mol. The van der Waals surface area contributed by atoms with Gasteiger partial charge in [-0.3, -0.25) is 14.9 Å². The third-order valence-corrected chi connectivity index (χ3v) is 4.90. The highest BCUT2D eigenvalue weighted by atomic mass is 32.1. The van der Waals surface area contributed by atoms with Crippen LogP contribution in [0.15, 0.2) is 24.3 Å². The number of anilines is 1. The van der Waals surface area contributed by atoms with Crippen molar-refractivity contribution in [3.63, 3.8) is 0 Å². The number of thiazole rings is 1. The van der Waals surface area contributed by atoms with Crippen LogP contribution in [0, 0.1) is 5.92 Å². The van der Waals surface area contributed by atoms with Crippen molar-refractivity contribution in [2.24, 2.45) is 5.92 Å². The third kappa shape index (κ3) is 3.34. The largest absolute Gasteiger partial charge is 0.497 e. The first kappa shape index (κ1) is 15.5. The van der Waals surface area contributed by atoms with Crippen LogP contribution < -0.4 is 10.1 Å². The Labute approximate surface area is 137 Å². The number of aliphatic carboxylic acids is 1. The van der Waals surface area contributed by atoms with Crippen molar-refractivity contribution in [2.75, 3.05) is 12.4 Å². The number of carbonyl (C=O) groups excluding carboxylic acids is 1. The smallest absolute Gasteiger partial charge is 0.306 e. The van der Waals surface area contributed by atoms with Crippen molar-refractivity contribution in [3.8, 4) is 5.75 Å². The van der Waals surface area contributed by atoms with Crippen molar-refractivity contribution < 1.29 is 19.4 Å². The standard InChI is InChI=1S/C16H16N2O4S/c1-22-11-5-2-9(3-6-11)14(19)18-16-17-12-7-4-10(15(20)21)8-13(12)23-16/h2-3,5-6,10H,4,7-8H2,1H3,(H,20,21)(H,17,18,19). The number of nitrogens with zero attached hydrogens (tertiary/aromatic N) is 1. The van der Waals surface area contributed by atoms with Crippen LogP contribution >= 0.6 is 11.3 Å². The monoisotopic (exact) mass is 332 g/mol. The van der Waals surface area contributed by atoms with Crippen LogP contribution in [0.3, 0.4) is 0 Å². The Kier molecular flexibility index (Phi) is 4.29. The number of carboxylic acids is 1. The second-order valence-electron chi connectivity index (χ2n) is 5.35. The molecule has 0 spiro atoms. The fourth-order valence-corrected chi connectivity index (χ4v) is 3.63. The van der Waals surface area contributed by atoms with Crippen molar-refractivity contribution in [2.45, 2.75) is 19.3 Å². The molecule has 23 heavy (non-hydrogen) atoms. The summed E-state index contributed by atoms with van der Waals surface area (Å²) in [6.07, 6.45) is 1.72. The minimum atomic E-state index is -0.770. The Morgan fingerprint density at radius 1 is 1.35 bits per heavy atom. The van der Waals surface area contributed by atoms with Gasteiger partial charge in [-0.15, -0.1) is 11.3 Å². The number of aryl methyl sites for hydroxylation is 1. The molecule has 0 saturated carbocycles. The number of carbonyl (C=O) groups is 2. The van der Waals surface area contributed by atoms with Crippen molar-refractivity contribution in [1.82, 2.24) is 4.98 Å². The molecule has 3 rings (SSSR count). The quantitative estimate of drug-likeness (QED) is 0.898. The van der Waals surface area contributed by atoms with Gasteiger partial charge in [-0.05, 0) is 43.5 Å². The number of ether oxygens (including phenoxy) is 1. The van der Waals surface area contributed by atoms with E-state index in [2.05, 4.69) is 10.3 Å². The predicted octanol–water partition coefficient (Wildman–Crippen LogP) is 2.59. The zero-order valence-electron chi connectivity index (χ0n) is 12.5. The summed E-state index contributed by atoms with van der Waals surface area (Å²) in [7, 11) is 1.57. The molecule has 7 heteroatoms. The molecule has 0 bridgehead atoms. The molecular formula is C16H16N2O4S. The lowest BCUT2D eigenvalue weighted by atomic mass is 9.91. The van der Waals surface area contributed by atoms with Crippen molar-refractivity contribution >= 4 is 28.3 Å². The summed E-state index contributed by atoms with van der Waals surface area (Å²) < 4.78 is 5.06. The number of carboxylic acid groups (broad SMARTS) is 1.